The Bertz CT molecular complexity index is 429. The average Bonchev–Trinajstić information content (AvgIpc) is 2.68. The smallest absolute Gasteiger partial charge is 0.349 e. The van der Waals surface area contributed by atoms with Gasteiger partial charge >= 0.3 is 5.97 Å². The molecular formula is C11H15NO5S. The number of carboxylic acid groups (broad SMARTS) is 1. The van der Waals surface area contributed by atoms with Crippen LogP contribution in [-0.4, -0.2) is 43.9 Å². The van der Waals surface area contributed by atoms with Crippen molar-refractivity contribution in [2.45, 2.75) is 6.92 Å². The number of nitrogens with one attached hydrogen (secondary N) is 1. The summed E-state index contributed by atoms with van der Waals surface area (Å²) in [7, 11) is 1.54. The van der Waals surface area contributed by atoms with Crippen LogP contribution in [0.5, 0.6) is 5.75 Å². The Morgan fingerprint density at radius 3 is 2.83 bits per heavy atom. The SMILES string of the molecule is COCCNC(=O)COc1cc(C)sc1C(=O)O. The molecule has 1 rings (SSSR count). The zero-order valence-electron chi connectivity index (χ0n) is 10.2. The maximum Gasteiger partial charge on any atom is 0.349 e. The Labute approximate surface area is 109 Å². The summed E-state index contributed by atoms with van der Waals surface area (Å²) in [6.45, 7) is 2.39. The van der Waals surface area contributed by atoms with Crippen LogP contribution >= 0.6 is 11.3 Å². The summed E-state index contributed by atoms with van der Waals surface area (Å²) in [5.41, 5.74) is 0. The molecule has 0 saturated heterocycles. The van der Waals surface area contributed by atoms with Crippen LogP contribution in [0.4, 0.5) is 0 Å². The molecule has 0 aromatic carbocycles. The Hall–Kier alpha value is -1.60. The maximum atomic E-state index is 11.3. The highest BCUT2D eigenvalue weighted by molar-refractivity contribution is 7.14. The summed E-state index contributed by atoms with van der Waals surface area (Å²) >= 11 is 1.12. The van der Waals surface area contributed by atoms with E-state index < -0.39 is 5.97 Å². The monoisotopic (exact) mass is 273 g/mol. The molecule has 1 aromatic rings. The van der Waals surface area contributed by atoms with Crippen molar-refractivity contribution >= 4 is 23.2 Å². The van der Waals surface area contributed by atoms with Gasteiger partial charge in [-0.3, -0.25) is 4.79 Å². The molecule has 0 aliphatic carbocycles. The van der Waals surface area contributed by atoms with E-state index in [9.17, 15) is 9.59 Å². The molecule has 2 N–H and O–H groups in total. The van der Waals surface area contributed by atoms with E-state index in [2.05, 4.69) is 5.32 Å². The summed E-state index contributed by atoms with van der Waals surface area (Å²) in [5, 5.41) is 11.5. The van der Waals surface area contributed by atoms with Gasteiger partial charge in [-0.05, 0) is 13.0 Å². The molecule has 0 fully saturated rings. The first kappa shape index (κ1) is 14.5. The third kappa shape index (κ3) is 4.34. The fourth-order valence-electron chi connectivity index (χ4n) is 1.23. The van der Waals surface area contributed by atoms with Crippen molar-refractivity contribution in [3.63, 3.8) is 0 Å². The summed E-state index contributed by atoms with van der Waals surface area (Å²) in [6, 6.07) is 1.61. The van der Waals surface area contributed by atoms with Gasteiger partial charge in [-0.2, -0.15) is 0 Å². The number of carboxylic acids is 1. The second kappa shape index (κ2) is 6.97. The van der Waals surface area contributed by atoms with Crippen molar-refractivity contribution in [2.24, 2.45) is 0 Å². The van der Waals surface area contributed by atoms with Crippen LogP contribution in [0.15, 0.2) is 6.07 Å². The molecule has 6 nitrogen and oxygen atoms in total. The molecule has 0 spiro atoms. The minimum atomic E-state index is -1.05. The van der Waals surface area contributed by atoms with Gasteiger partial charge in [-0.15, -0.1) is 11.3 Å². The molecule has 0 atom stereocenters. The fourth-order valence-corrected chi connectivity index (χ4v) is 2.03. The highest BCUT2D eigenvalue weighted by atomic mass is 32.1. The first-order valence-electron chi connectivity index (χ1n) is 5.26. The predicted octanol–water partition coefficient (Wildman–Crippen LogP) is 0.896. The number of thiophene rings is 1. The summed E-state index contributed by atoms with van der Waals surface area (Å²) in [5.74, 6) is -1.14. The zero-order valence-corrected chi connectivity index (χ0v) is 11.0. The van der Waals surface area contributed by atoms with Crippen LogP contribution in [0.2, 0.25) is 0 Å². The Morgan fingerprint density at radius 1 is 1.50 bits per heavy atom. The van der Waals surface area contributed by atoms with E-state index in [4.69, 9.17) is 14.6 Å². The van der Waals surface area contributed by atoms with Crippen LogP contribution in [0.3, 0.4) is 0 Å². The van der Waals surface area contributed by atoms with Gasteiger partial charge in [-0.1, -0.05) is 0 Å². The van der Waals surface area contributed by atoms with E-state index in [1.54, 1.807) is 13.0 Å². The summed E-state index contributed by atoms with van der Waals surface area (Å²) < 4.78 is 9.97. The number of aromatic carboxylic acids is 1. The Morgan fingerprint density at radius 2 is 2.22 bits per heavy atom. The van der Waals surface area contributed by atoms with Crippen molar-refractivity contribution in [2.75, 3.05) is 26.9 Å². The highest BCUT2D eigenvalue weighted by Gasteiger charge is 2.16. The van der Waals surface area contributed by atoms with Crippen molar-refractivity contribution in [3.05, 3.63) is 15.8 Å². The average molecular weight is 273 g/mol. The number of hydrogen-bond acceptors (Lipinski definition) is 5. The number of hydrogen-bond donors (Lipinski definition) is 2. The normalized spacial score (nSPS) is 10.1. The van der Waals surface area contributed by atoms with E-state index in [-0.39, 0.29) is 23.1 Å². The molecule has 0 bridgehead atoms. The lowest BCUT2D eigenvalue weighted by Crippen LogP contribution is -2.31. The number of rotatable bonds is 7. The van der Waals surface area contributed by atoms with Crippen LogP contribution in [0, 0.1) is 6.92 Å². The fraction of sp³-hybridized carbons (Fsp3) is 0.455. The predicted molar refractivity (Wildman–Crippen MR) is 66.4 cm³/mol. The zero-order chi connectivity index (χ0) is 13.5. The minimum absolute atomic E-state index is 0.109. The molecule has 0 radical (unpaired) electrons. The molecule has 7 heteroatoms. The summed E-state index contributed by atoms with van der Waals surface area (Å²) in [6.07, 6.45) is 0. The van der Waals surface area contributed by atoms with E-state index in [1.807, 2.05) is 0 Å². The van der Waals surface area contributed by atoms with Gasteiger partial charge in [-0.25, -0.2) is 4.79 Å². The molecule has 18 heavy (non-hydrogen) atoms. The van der Waals surface area contributed by atoms with Gasteiger partial charge in [0.05, 0.1) is 6.61 Å². The molecule has 0 unspecified atom stereocenters. The first-order valence-corrected chi connectivity index (χ1v) is 6.08. The van der Waals surface area contributed by atoms with Crippen molar-refractivity contribution in [3.8, 4) is 5.75 Å². The lowest BCUT2D eigenvalue weighted by Gasteiger charge is -2.06. The molecular weight excluding hydrogens is 258 g/mol. The lowest BCUT2D eigenvalue weighted by atomic mass is 10.4. The molecule has 1 heterocycles. The molecule has 0 aliphatic heterocycles. The second-order valence-electron chi connectivity index (χ2n) is 3.49. The number of carbonyl (C=O) groups is 2. The second-order valence-corrected chi connectivity index (χ2v) is 4.74. The van der Waals surface area contributed by atoms with Crippen LogP contribution in [-0.2, 0) is 9.53 Å². The number of amides is 1. The Balaban J connectivity index is 2.48. The van der Waals surface area contributed by atoms with Gasteiger partial charge in [0.1, 0.15) is 5.75 Å². The number of aryl methyl sites for hydroxylation is 1. The van der Waals surface area contributed by atoms with Crippen LogP contribution in [0.1, 0.15) is 14.5 Å². The molecule has 0 aliphatic rings. The van der Waals surface area contributed by atoms with Gasteiger partial charge < -0.3 is 19.9 Å². The van der Waals surface area contributed by atoms with Crippen LogP contribution < -0.4 is 10.1 Å². The highest BCUT2D eigenvalue weighted by Crippen LogP contribution is 2.28. The summed E-state index contributed by atoms with van der Waals surface area (Å²) in [4.78, 5) is 23.2. The standard InChI is InChI=1S/C11H15NO5S/c1-7-5-8(10(18-7)11(14)15)17-6-9(13)12-3-4-16-2/h5H,3-4,6H2,1-2H3,(H,12,13)(H,14,15). The first-order chi connectivity index (χ1) is 8.54. The topological polar surface area (TPSA) is 84.9 Å². The van der Waals surface area contributed by atoms with Crippen molar-refractivity contribution in [1.29, 1.82) is 0 Å². The quantitative estimate of drug-likeness (QED) is 0.721. The number of carbonyl (C=O) groups excluding carboxylic acids is 1. The van der Waals surface area contributed by atoms with Gasteiger partial charge in [0, 0.05) is 18.5 Å². The van der Waals surface area contributed by atoms with Crippen molar-refractivity contribution in [1.82, 2.24) is 5.32 Å². The third-order valence-electron chi connectivity index (χ3n) is 2.00. The van der Waals surface area contributed by atoms with E-state index >= 15 is 0 Å². The molecule has 0 saturated carbocycles. The minimum Gasteiger partial charge on any atom is -0.482 e. The van der Waals surface area contributed by atoms with Crippen molar-refractivity contribution < 1.29 is 24.2 Å². The van der Waals surface area contributed by atoms with E-state index in [0.717, 1.165) is 16.2 Å². The molecule has 1 amide bonds. The van der Waals surface area contributed by atoms with E-state index in [0.29, 0.717) is 13.2 Å². The van der Waals surface area contributed by atoms with Gasteiger partial charge in [0.2, 0.25) is 0 Å². The number of methoxy groups -OCH3 is 1. The van der Waals surface area contributed by atoms with Gasteiger partial charge in [0.15, 0.2) is 11.5 Å². The lowest BCUT2D eigenvalue weighted by molar-refractivity contribution is -0.123. The molecule has 100 valence electrons. The number of ether oxygens (including phenoxy) is 2. The maximum absolute atomic E-state index is 11.3. The molecule has 1 aromatic heterocycles. The Kier molecular flexibility index (Phi) is 5.60. The van der Waals surface area contributed by atoms with Crippen LogP contribution in [0.25, 0.3) is 0 Å². The largest absolute Gasteiger partial charge is 0.482 e. The van der Waals surface area contributed by atoms with E-state index in [1.165, 1.54) is 7.11 Å². The van der Waals surface area contributed by atoms with Gasteiger partial charge in [0.25, 0.3) is 5.91 Å². The third-order valence-corrected chi connectivity index (χ3v) is 3.02.